The minimum Gasteiger partial charge on any atom is -0.295 e. The Morgan fingerprint density at radius 2 is 2.18 bits per heavy atom. The van der Waals surface area contributed by atoms with E-state index in [1.54, 1.807) is 0 Å². The average Bonchev–Trinajstić information content (AvgIpc) is 2.16. The van der Waals surface area contributed by atoms with Crippen molar-refractivity contribution in [3.05, 3.63) is 24.8 Å². The summed E-state index contributed by atoms with van der Waals surface area (Å²) in [5.41, 5.74) is 0.762. The maximum Gasteiger partial charge on any atom is 0.158 e. The highest BCUT2D eigenvalue weighted by atomic mass is 16.1. The Hall–Kier alpha value is -0.850. The summed E-state index contributed by atoms with van der Waals surface area (Å²) in [7, 11) is 0. The summed E-state index contributed by atoms with van der Waals surface area (Å²) >= 11 is 0. The van der Waals surface area contributed by atoms with Gasteiger partial charge in [0, 0.05) is 12.3 Å². The topological polar surface area (TPSA) is 17.1 Å². The quantitative estimate of drug-likeness (QED) is 0.319. The summed E-state index contributed by atoms with van der Waals surface area (Å²) in [5, 5.41) is 0. The number of carbonyl (C=O) groups is 1. The number of Topliss-reactive ketones (excluding diaryl/α,β-unsaturated/α-hetero) is 1. The van der Waals surface area contributed by atoms with Crippen LogP contribution in [-0.2, 0) is 4.79 Å². The minimum atomic E-state index is 0.229. The molecule has 1 saturated carbocycles. The Morgan fingerprint density at radius 3 is 2.82 bits per heavy atom. The molecule has 0 N–H and O–H groups in total. The zero-order valence-electron chi connectivity index (χ0n) is 6.81. The fraction of sp³-hybridized carbons (Fsp3) is 0.500. The van der Waals surface area contributed by atoms with Gasteiger partial charge in [-0.3, -0.25) is 4.79 Å². The molecule has 1 heteroatoms. The third-order valence-corrected chi connectivity index (χ3v) is 2.26. The standard InChI is InChI=1S/C10H14O/c1-3-9-6-4-5-7-10(11)8(9)2/h3,9H,1-2,4-7H2. The van der Waals surface area contributed by atoms with E-state index in [0.29, 0.717) is 6.42 Å². The molecule has 0 spiro atoms. The van der Waals surface area contributed by atoms with Crippen molar-refractivity contribution in [2.24, 2.45) is 5.92 Å². The van der Waals surface area contributed by atoms with Crippen LogP contribution in [0.1, 0.15) is 25.7 Å². The number of ketones is 1. The Bertz CT molecular complexity index is 191. The second-order valence-corrected chi connectivity index (χ2v) is 3.04. The van der Waals surface area contributed by atoms with Gasteiger partial charge in [0.05, 0.1) is 0 Å². The van der Waals surface area contributed by atoms with Crippen LogP contribution in [0.5, 0.6) is 0 Å². The third-order valence-electron chi connectivity index (χ3n) is 2.26. The molecule has 0 aromatic rings. The molecule has 0 aromatic heterocycles. The molecular formula is C10H14O. The molecule has 1 rings (SSSR count). The second kappa shape index (κ2) is 3.51. The number of carbonyl (C=O) groups excluding carboxylic acids is 1. The van der Waals surface area contributed by atoms with Crippen molar-refractivity contribution in [3.8, 4) is 0 Å². The molecule has 1 unspecified atom stereocenters. The van der Waals surface area contributed by atoms with Crippen molar-refractivity contribution in [2.45, 2.75) is 25.7 Å². The van der Waals surface area contributed by atoms with Crippen molar-refractivity contribution in [1.29, 1.82) is 0 Å². The predicted octanol–water partition coefficient (Wildman–Crippen LogP) is 2.49. The molecule has 0 bridgehead atoms. The molecule has 1 nitrogen and oxygen atoms in total. The summed E-state index contributed by atoms with van der Waals surface area (Å²) in [5.74, 6) is 0.470. The van der Waals surface area contributed by atoms with Gasteiger partial charge in [-0.1, -0.05) is 19.1 Å². The molecule has 1 aliphatic rings. The summed E-state index contributed by atoms with van der Waals surface area (Å²) in [4.78, 5) is 11.2. The van der Waals surface area contributed by atoms with E-state index in [0.717, 1.165) is 24.8 Å². The zero-order chi connectivity index (χ0) is 8.27. The number of rotatable bonds is 1. The van der Waals surface area contributed by atoms with E-state index in [-0.39, 0.29) is 11.7 Å². The molecule has 0 aromatic carbocycles. The molecule has 1 aliphatic carbocycles. The minimum absolute atomic E-state index is 0.229. The third kappa shape index (κ3) is 1.79. The predicted molar refractivity (Wildman–Crippen MR) is 46.3 cm³/mol. The van der Waals surface area contributed by atoms with Crippen LogP contribution in [0.4, 0.5) is 0 Å². The summed E-state index contributed by atoms with van der Waals surface area (Å²) in [6.07, 6.45) is 5.71. The van der Waals surface area contributed by atoms with E-state index < -0.39 is 0 Å². The van der Waals surface area contributed by atoms with Gasteiger partial charge in [-0.05, 0) is 18.4 Å². The van der Waals surface area contributed by atoms with Gasteiger partial charge in [-0.15, -0.1) is 6.58 Å². The monoisotopic (exact) mass is 150 g/mol. The molecule has 0 amide bonds. The second-order valence-electron chi connectivity index (χ2n) is 3.04. The lowest BCUT2D eigenvalue weighted by atomic mass is 9.95. The molecule has 1 atom stereocenters. The van der Waals surface area contributed by atoms with Gasteiger partial charge in [0.2, 0.25) is 0 Å². The van der Waals surface area contributed by atoms with Gasteiger partial charge in [0.1, 0.15) is 0 Å². The molecule has 60 valence electrons. The first-order valence-electron chi connectivity index (χ1n) is 4.10. The van der Waals surface area contributed by atoms with Crippen LogP contribution in [0.15, 0.2) is 24.8 Å². The normalized spacial score (nSPS) is 26.4. The van der Waals surface area contributed by atoms with Crippen molar-refractivity contribution >= 4 is 5.78 Å². The lowest BCUT2D eigenvalue weighted by Gasteiger charge is -2.08. The van der Waals surface area contributed by atoms with E-state index >= 15 is 0 Å². The fourth-order valence-electron chi connectivity index (χ4n) is 1.45. The Labute approximate surface area is 67.8 Å². The van der Waals surface area contributed by atoms with E-state index in [1.807, 2.05) is 6.08 Å². The van der Waals surface area contributed by atoms with E-state index in [2.05, 4.69) is 13.2 Å². The average molecular weight is 150 g/mol. The zero-order valence-corrected chi connectivity index (χ0v) is 6.81. The first-order chi connectivity index (χ1) is 5.25. The lowest BCUT2D eigenvalue weighted by Crippen LogP contribution is -2.06. The highest BCUT2D eigenvalue weighted by molar-refractivity contribution is 5.95. The summed E-state index contributed by atoms with van der Waals surface area (Å²) in [6.45, 7) is 7.48. The van der Waals surface area contributed by atoms with Gasteiger partial charge in [-0.25, -0.2) is 0 Å². The maximum atomic E-state index is 11.2. The van der Waals surface area contributed by atoms with Gasteiger partial charge >= 0.3 is 0 Å². The van der Waals surface area contributed by atoms with E-state index in [9.17, 15) is 4.79 Å². The number of hydrogen-bond acceptors (Lipinski definition) is 1. The molecule has 0 aliphatic heterocycles. The summed E-state index contributed by atoms with van der Waals surface area (Å²) in [6, 6.07) is 0. The van der Waals surface area contributed by atoms with Crippen molar-refractivity contribution in [2.75, 3.05) is 0 Å². The largest absolute Gasteiger partial charge is 0.295 e. The smallest absolute Gasteiger partial charge is 0.158 e. The molecule has 11 heavy (non-hydrogen) atoms. The Kier molecular flexibility index (Phi) is 2.64. The van der Waals surface area contributed by atoms with Crippen molar-refractivity contribution < 1.29 is 4.79 Å². The fourth-order valence-corrected chi connectivity index (χ4v) is 1.45. The van der Waals surface area contributed by atoms with Crippen LogP contribution in [0, 0.1) is 5.92 Å². The van der Waals surface area contributed by atoms with Gasteiger partial charge in [0.15, 0.2) is 5.78 Å². The highest BCUT2D eigenvalue weighted by Gasteiger charge is 2.18. The molecule has 0 heterocycles. The van der Waals surface area contributed by atoms with Crippen molar-refractivity contribution in [1.82, 2.24) is 0 Å². The van der Waals surface area contributed by atoms with Crippen LogP contribution in [0.3, 0.4) is 0 Å². The number of hydrogen-bond donors (Lipinski definition) is 0. The maximum absolute atomic E-state index is 11.2. The Morgan fingerprint density at radius 1 is 1.45 bits per heavy atom. The lowest BCUT2D eigenvalue weighted by molar-refractivity contribution is -0.115. The highest BCUT2D eigenvalue weighted by Crippen LogP contribution is 2.24. The van der Waals surface area contributed by atoms with Gasteiger partial charge < -0.3 is 0 Å². The Balaban J connectivity index is 2.71. The number of allylic oxidation sites excluding steroid dienone is 2. The molecular weight excluding hydrogens is 136 g/mol. The van der Waals surface area contributed by atoms with Crippen LogP contribution < -0.4 is 0 Å². The van der Waals surface area contributed by atoms with Gasteiger partial charge in [-0.2, -0.15) is 0 Å². The van der Waals surface area contributed by atoms with Crippen LogP contribution >= 0.6 is 0 Å². The SMILES string of the molecule is C=CC1CCCCC(=O)C1=C. The molecule has 0 saturated heterocycles. The van der Waals surface area contributed by atoms with Crippen LogP contribution in [0.25, 0.3) is 0 Å². The summed E-state index contributed by atoms with van der Waals surface area (Å²) < 4.78 is 0. The molecule has 0 radical (unpaired) electrons. The van der Waals surface area contributed by atoms with Crippen LogP contribution in [-0.4, -0.2) is 5.78 Å². The molecule has 1 fully saturated rings. The first-order valence-corrected chi connectivity index (χ1v) is 4.10. The van der Waals surface area contributed by atoms with Gasteiger partial charge in [0.25, 0.3) is 0 Å². The van der Waals surface area contributed by atoms with Crippen LogP contribution in [0.2, 0.25) is 0 Å². The van der Waals surface area contributed by atoms with E-state index in [1.165, 1.54) is 0 Å². The first kappa shape index (κ1) is 8.25. The van der Waals surface area contributed by atoms with Crippen molar-refractivity contribution in [3.63, 3.8) is 0 Å². The van der Waals surface area contributed by atoms with E-state index in [4.69, 9.17) is 0 Å².